The lowest BCUT2D eigenvalue weighted by Gasteiger charge is -2.47. The summed E-state index contributed by atoms with van der Waals surface area (Å²) < 4.78 is 0. The highest BCUT2D eigenvalue weighted by atomic mass is 16.2. The summed E-state index contributed by atoms with van der Waals surface area (Å²) in [5.74, 6) is 0.273. The first-order valence-electron chi connectivity index (χ1n) is 9.76. The van der Waals surface area contributed by atoms with Gasteiger partial charge in [-0.1, -0.05) is 60.7 Å². The second kappa shape index (κ2) is 6.50. The number of nitrogens with zero attached hydrogens (tertiary/aromatic N) is 2. The van der Waals surface area contributed by atoms with Gasteiger partial charge in [0, 0.05) is 43.7 Å². The molecule has 0 radical (unpaired) electrons. The number of hydrogen-bond donors (Lipinski definition) is 0. The van der Waals surface area contributed by atoms with Crippen LogP contribution in [-0.4, -0.2) is 37.0 Å². The lowest BCUT2D eigenvalue weighted by molar-refractivity contribution is -0.119. The van der Waals surface area contributed by atoms with Crippen LogP contribution in [0.2, 0.25) is 0 Å². The highest BCUT2D eigenvalue weighted by Gasteiger charge is 2.51. The topological polar surface area (TPSA) is 23.6 Å². The van der Waals surface area contributed by atoms with Crippen molar-refractivity contribution in [2.75, 3.05) is 31.1 Å². The van der Waals surface area contributed by atoms with Gasteiger partial charge in [-0.3, -0.25) is 4.79 Å². The minimum absolute atomic E-state index is 0.163. The van der Waals surface area contributed by atoms with Crippen molar-refractivity contribution in [3.63, 3.8) is 0 Å². The number of carbonyl (C=O) groups excluding carboxylic acids is 1. The van der Waals surface area contributed by atoms with E-state index in [1.807, 2.05) is 35.2 Å². The van der Waals surface area contributed by atoms with Crippen molar-refractivity contribution in [2.24, 2.45) is 5.41 Å². The first-order valence-corrected chi connectivity index (χ1v) is 9.76. The Bertz CT molecular complexity index is 976. The fourth-order valence-corrected chi connectivity index (χ4v) is 4.69. The third-order valence-corrected chi connectivity index (χ3v) is 6.04. The van der Waals surface area contributed by atoms with Gasteiger partial charge in [0.15, 0.2) is 0 Å². The Hall–Kier alpha value is -2.65. The van der Waals surface area contributed by atoms with Crippen LogP contribution in [0, 0.1) is 5.41 Å². The summed E-state index contributed by atoms with van der Waals surface area (Å²) in [6.45, 7) is 4.01. The van der Waals surface area contributed by atoms with E-state index in [0.717, 1.165) is 38.3 Å². The first kappa shape index (κ1) is 16.5. The fourth-order valence-electron chi connectivity index (χ4n) is 4.69. The zero-order valence-corrected chi connectivity index (χ0v) is 15.5. The molecule has 0 saturated carbocycles. The predicted molar refractivity (Wildman–Crippen MR) is 110 cm³/mol. The van der Waals surface area contributed by atoms with Crippen molar-refractivity contribution >= 4 is 22.4 Å². The lowest BCUT2D eigenvalue weighted by Crippen LogP contribution is -2.57. The van der Waals surface area contributed by atoms with Gasteiger partial charge in [0.1, 0.15) is 0 Å². The van der Waals surface area contributed by atoms with Crippen LogP contribution in [-0.2, 0) is 11.2 Å². The maximum absolute atomic E-state index is 12.5. The Labute approximate surface area is 160 Å². The molecular formula is C24H24N2O. The normalized spacial score (nSPS) is 19.0. The van der Waals surface area contributed by atoms with Gasteiger partial charge in [0.25, 0.3) is 0 Å². The molecule has 2 aliphatic rings. The summed E-state index contributed by atoms with van der Waals surface area (Å²) in [4.78, 5) is 17.0. The minimum atomic E-state index is 0.163. The zero-order valence-electron chi connectivity index (χ0n) is 15.5. The fraction of sp³-hybridized carbons (Fsp3) is 0.292. The summed E-state index contributed by atoms with van der Waals surface area (Å²) in [5, 5.41) is 2.62. The SMILES string of the molecule is O=C1CC2(CN(CCc3ccc4ccccc4c3)C2)CN1c1ccccc1. The van der Waals surface area contributed by atoms with Gasteiger partial charge in [0.05, 0.1) is 0 Å². The zero-order chi connectivity index (χ0) is 18.3. The van der Waals surface area contributed by atoms with Crippen LogP contribution in [0.1, 0.15) is 12.0 Å². The van der Waals surface area contributed by atoms with Crippen LogP contribution >= 0.6 is 0 Å². The van der Waals surface area contributed by atoms with Crippen LogP contribution in [0.15, 0.2) is 72.8 Å². The number of fused-ring (bicyclic) bond motifs is 1. The van der Waals surface area contributed by atoms with Gasteiger partial charge < -0.3 is 9.80 Å². The summed E-state index contributed by atoms with van der Waals surface area (Å²) in [5.41, 5.74) is 2.59. The third-order valence-electron chi connectivity index (χ3n) is 6.04. The smallest absolute Gasteiger partial charge is 0.227 e. The van der Waals surface area contributed by atoms with E-state index in [2.05, 4.69) is 47.4 Å². The summed E-state index contributed by atoms with van der Waals surface area (Å²) in [6.07, 6.45) is 1.76. The van der Waals surface area contributed by atoms with Crippen molar-refractivity contribution in [1.29, 1.82) is 0 Å². The van der Waals surface area contributed by atoms with E-state index < -0.39 is 0 Å². The molecule has 3 heteroatoms. The highest BCUT2D eigenvalue weighted by Crippen LogP contribution is 2.41. The summed E-state index contributed by atoms with van der Waals surface area (Å²) >= 11 is 0. The van der Waals surface area contributed by atoms with Gasteiger partial charge in [-0.2, -0.15) is 0 Å². The Kier molecular flexibility index (Phi) is 3.98. The van der Waals surface area contributed by atoms with Gasteiger partial charge in [-0.15, -0.1) is 0 Å². The maximum Gasteiger partial charge on any atom is 0.227 e. The molecule has 2 aliphatic heterocycles. The van der Waals surface area contributed by atoms with Gasteiger partial charge in [-0.05, 0) is 34.9 Å². The lowest BCUT2D eigenvalue weighted by atomic mass is 9.79. The molecule has 0 N–H and O–H groups in total. The Morgan fingerprint density at radius 2 is 1.56 bits per heavy atom. The number of benzene rings is 3. The van der Waals surface area contributed by atoms with E-state index in [1.165, 1.54) is 16.3 Å². The van der Waals surface area contributed by atoms with Crippen molar-refractivity contribution in [1.82, 2.24) is 4.90 Å². The molecule has 2 heterocycles. The van der Waals surface area contributed by atoms with Crippen LogP contribution in [0.5, 0.6) is 0 Å². The molecule has 0 bridgehead atoms. The number of amides is 1. The molecule has 0 unspecified atom stereocenters. The molecule has 3 aromatic carbocycles. The maximum atomic E-state index is 12.5. The molecule has 3 nitrogen and oxygen atoms in total. The van der Waals surface area contributed by atoms with Crippen LogP contribution in [0.3, 0.4) is 0 Å². The molecule has 2 fully saturated rings. The monoisotopic (exact) mass is 356 g/mol. The molecule has 5 rings (SSSR count). The molecule has 1 spiro atoms. The number of rotatable bonds is 4. The number of likely N-dealkylation sites (tertiary alicyclic amines) is 1. The van der Waals surface area contributed by atoms with E-state index >= 15 is 0 Å². The third kappa shape index (κ3) is 3.13. The Morgan fingerprint density at radius 1 is 0.815 bits per heavy atom. The minimum Gasteiger partial charge on any atom is -0.312 e. The second-order valence-corrected chi connectivity index (χ2v) is 8.13. The molecule has 3 aromatic rings. The van der Waals surface area contributed by atoms with Crippen molar-refractivity contribution in [2.45, 2.75) is 12.8 Å². The Balaban J connectivity index is 1.19. The van der Waals surface area contributed by atoms with E-state index in [9.17, 15) is 4.79 Å². The number of para-hydroxylation sites is 1. The first-order chi connectivity index (χ1) is 13.2. The standard InChI is InChI=1S/C24H24N2O/c27-23-15-24(18-26(23)22-8-2-1-3-9-22)16-25(17-24)13-12-19-10-11-20-6-4-5-7-21(20)14-19/h1-11,14H,12-13,15-18H2. The Morgan fingerprint density at radius 3 is 2.37 bits per heavy atom. The van der Waals surface area contributed by atoms with Crippen molar-refractivity contribution in [3.8, 4) is 0 Å². The van der Waals surface area contributed by atoms with Crippen molar-refractivity contribution < 1.29 is 4.79 Å². The second-order valence-electron chi connectivity index (χ2n) is 8.13. The molecule has 136 valence electrons. The average Bonchev–Trinajstić information content (AvgIpc) is 3.03. The highest BCUT2D eigenvalue weighted by molar-refractivity contribution is 5.96. The largest absolute Gasteiger partial charge is 0.312 e. The quantitative estimate of drug-likeness (QED) is 0.702. The van der Waals surface area contributed by atoms with Crippen LogP contribution in [0.4, 0.5) is 5.69 Å². The summed E-state index contributed by atoms with van der Waals surface area (Å²) in [6, 6.07) is 25.4. The molecule has 0 aromatic heterocycles. The average molecular weight is 356 g/mol. The van der Waals surface area contributed by atoms with E-state index in [0.29, 0.717) is 6.42 Å². The predicted octanol–water partition coefficient (Wildman–Crippen LogP) is 4.12. The van der Waals surface area contributed by atoms with E-state index in [4.69, 9.17) is 0 Å². The van der Waals surface area contributed by atoms with Crippen LogP contribution < -0.4 is 4.90 Å². The summed E-state index contributed by atoms with van der Waals surface area (Å²) in [7, 11) is 0. The molecule has 0 atom stereocenters. The van der Waals surface area contributed by atoms with Gasteiger partial charge >= 0.3 is 0 Å². The number of hydrogen-bond acceptors (Lipinski definition) is 2. The number of carbonyl (C=O) groups is 1. The van der Waals surface area contributed by atoms with E-state index in [-0.39, 0.29) is 11.3 Å². The molecule has 0 aliphatic carbocycles. The molecular weight excluding hydrogens is 332 g/mol. The molecule has 2 saturated heterocycles. The van der Waals surface area contributed by atoms with Gasteiger partial charge in [-0.25, -0.2) is 0 Å². The van der Waals surface area contributed by atoms with Crippen LogP contribution in [0.25, 0.3) is 10.8 Å². The molecule has 27 heavy (non-hydrogen) atoms. The number of anilines is 1. The van der Waals surface area contributed by atoms with E-state index in [1.54, 1.807) is 0 Å². The molecule has 1 amide bonds. The van der Waals surface area contributed by atoms with Gasteiger partial charge in [0.2, 0.25) is 5.91 Å². The van der Waals surface area contributed by atoms with Crippen molar-refractivity contribution in [3.05, 3.63) is 78.4 Å².